The van der Waals surface area contributed by atoms with Crippen LogP contribution in [0, 0.1) is 5.92 Å². The molecule has 0 amide bonds. The molecule has 1 aliphatic rings. The Balaban J connectivity index is 1.79. The minimum Gasteiger partial charge on any atom is -0.477 e. The van der Waals surface area contributed by atoms with Gasteiger partial charge in [-0.3, -0.25) is 0 Å². The number of benzene rings is 1. The molecule has 19 heavy (non-hydrogen) atoms. The number of pyridine rings is 1. The monoisotopic (exact) mass is 275 g/mol. The van der Waals surface area contributed by atoms with Crippen LogP contribution < -0.4 is 4.74 Å². The van der Waals surface area contributed by atoms with Crippen LogP contribution in [0.25, 0.3) is 10.8 Å². The van der Waals surface area contributed by atoms with E-state index < -0.39 is 0 Å². The van der Waals surface area contributed by atoms with E-state index >= 15 is 0 Å². The Morgan fingerprint density at radius 1 is 1.26 bits per heavy atom. The second kappa shape index (κ2) is 5.79. The van der Waals surface area contributed by atoms with E-state index in [0.717, 1.165) is 41.3 Å². The molecule has 1 aromatic heterocycles. The lowest BCUT2D eigenvalue weighted by molar-refractivity contribution is 0.219. The van der Waals surface area contributed by atoms with Crippen molar-refractivity contribution in [1.82, 2.24) is 4.98 Å². The van der Waals surface area contributed by atoms with Crippen molar-refractivity contribution in [2.75, 3.05) is 6.61 Å². The Bertz CT molecular complexity index is 566. The molecule has 0 atom stereocenters. The number of hydrogen-bond donors (Lipinski definition) is 0. The molecule has 0 saturated heterocycles. The van der Waals surface area contributed by atoms with Crippen LogP contribution in [0.1, 0.15) is 31.4 Å². The van der Waals surface area contributed by atoms with Crippen molar-refractivity contribution in [2.45, 2.75) is 31.6 Å². The van der Waals surface area contributed by atoms with Crippen molar-refractivity contribution < 1.29 is 4.74 Å². The molecule has 1 aromatic carbocycles. The molecular weight excluding hydrogens is 258 g/mol. The average molecular weight is 276 g/mol. The van der Waals surface area contributed by atoms with E-state index in [1.807, 2.05) is 18.2 Å². The molecule has 0 unspecified atom stereocenters. The highest BCUT2D eigenvalue weighted by Gasteiger charge is 2.17. The van der Waals surface area contributed by atoms with Gasteiger partial charge in [0.25, 0.3) is 0 Å². The standard InChI is InChI=1S/C16H18ClNO/c17-11-14-10-13-6-1-2-7-15(13)16(18-14)19-9-8-12-4-3-5-12/h1-2,6-7,10,12H,3-5,8-9,11H2. The second-order valence-electron chi connectivity index (χ2n) is 5.21. The maximum Gasteiger partial charge on any atom is 0.221 e. The lowest BCUT2D eigenvalue weighted by Crippen LogP contribution is -2.14. The quantitative estimate of drug-likeness (QED) is 0.747. The number of hydrogen-bond acceptors (Lipinski definition) is 2. The van der Waals surface area contributed by atoms with Gasteiger partial charge < -0.3 is 4.74 Å². The molecule has 3 heteroatoms. The SMILES string of the molecule is ClCc1cc2ccccc2c(OCCC2CCC2)n1. The summed E-state index contributed by atoms with van der Waals surface area (Å²) in [4.78, 5) is 4.51. The summed E-state index contributed by atoms with van der Waals surface area (Å²) in [5.74, 6) is 2.01. The summed E-state index contributed by atoms with van der Waals surface area (Å²) in [7, 11) is 0. The second-order valence-corrected chi connectivity index (χ2v) is 5.47. The average Bonchev–Trinajstić information content (AvgIpc) is 2.41. The summed E-state index contributed by atoms with van der Waals surface area (Å²) >= 11 is 5.90. The summed E-state index contributed by atoms with van der Waals surface area (Å²) in [6, 6.07) is 10.2. The zero-order chi connectivity index (χ0) is 13.1. The first-order valence-corrected chi connectivity index (χ1v) is 7.47. The zero-order valence-corrected chi connectivity index (χ0v) is 11.7. The molecule has 2 aromatic rings. The van der Waals surface area contributed by atoms with Crippen molar-refractivity contribution in [3.63, 3.8) is 0 Å². The van der Waals surface area contributed by atoms with Gasteiger partial charge in [0, 0.05) is 5.39 Å². The Labute approximate surface area is 118 Å². The van der Waals surface area contributed by atoms with Crippen LogP contribution in [-0.2, 0) is 5.88 Å². The number of halogens is 1. The normalized spacial score (nSPS) is 15.4. The predicted octanol–water partition coefficient (Wildman–Crippen LogP) is 4.54. The van der Waals surface area contributed by atoms with Gasteiger partial charge in [-0.25, -0.2) is 4.98 Å². The first-order valence-electron chi connectivity index (χ1n) is 6.94. The summed E-state index contributed by atoms with van der Waals surface area (Å²) in [6.45, 7) is 0.757. The van der Waals surface area contributed by atoms with Gasteiger partial charge in [-0.1, -0.05) is 37.5 Å². The highest BCUT2D eigenvalue weighted by molar-refractivity contribution is 6.17. The van der Waals surface area contributed by atoms with Crippen molar-refractivity contribution in [1.29, 1.82) is 0 Å². The minimum atomic E-state index is 0.420. The van der Waals surface area contributed by atoms with Crippen molar-refractivity contribution in [3.8, 4) is 5.88 Å². The topological polar surface area (TPSA) is 22.1 Å². The Kier molecular flexibility index (Phi) is 3.88. The maximum absolute atomic E-state index is 5.90. The molecule has 3 rings (SSSR count). The highest BCUT2D eigenvalue weighted by Crippen LogP contribution is 2.30. The summed E-state index contributed by atoms with van der Waals surface area (Å²) < 4.78 is 5.90. The van der Waals surface area contributed by atoms with Crippen LogP contribution in [0.4, 0.5) is 0 Å². The van der Waals surface area contributed by atoms with Gasteiger partial charge in [0.1, 0.15) is 0 Å². The van der Waals surface area contributed by atoms with Crippen LogP contribution in [-0.4, -0.2) is 11.6 Å². The van der Waals surface area contributed by atoms with Crippen molar-refractivity contribution in [3.05, 3.63) is 36.0 Å². The van der Waals surface area contributed by atoms with E-state index in [4.69, 9.17) is 16.3 Å². The molecule has 0 aliphatic heterocycles. The van der Waals surface area contributed by atoms with Crippen molar-refractivity contribution in [2.24, 2.45) is 5.92 Å². The molecule has 1 fully saturated rings. The number of ether oxygens (including phenoxy) is 1. The third kappa shape index (κ3) is 2.84. The van der Waals surface area contributed by atoms with Crippen LogP contribution in [0.2, 0.25) is 0 Å². The van der Waals surface area contributed by atoms with E-state index in [2.05, 4.69) is 17.1 Å². The highest BCUT2D eigenvalue weighted by atomic mass is 35.5. The van der Waals surface area contributed by atoms with Crippen molar-refractivity contribution >= 4 is 22.4 Å². The zero-order valence-electron chi connectivity index (χ0n) is 10.9. The van der Waals surface area contributed by atoms with E-state index in [1.165, 1.54) is 19.3 Å². The largest absolute Gasteiger partial charge is 0.477 e. The number of alkyl halides is 1. The van der Waals surface area contributed by atoms with Gasteiger partial charge in [0.2, 0.25) is 5.88 Å². The van der Waals surface area contributed by atoms with E-state index in [1.54, 1.807) is 0 Å². The van der Waals surface area contributed by atoms with Crippen LogP contribution >= 0.6 is 11.6 Å². The molecule has 2 nitrogen and oxygen atoms in total. The molecular formula is C16H18ClNO. The Morgan fingerprint density at radius 3 is 2.84 bits per heavy atom. The van der Waals surface area contributed by atoms with Crippen LogP contribution in [0.3, 0.4) is 0 Å². The first-order chi connectivity index (χ1) is 9.36. The van der Waals surface area contributed by atoms with Gasteiger partial charge in [-0.15, -0.1) is 11.6 Å². The fraction of sp³-hybridized carbons (Fsp3) is 0.438. The molecule has 1 heterocycles. The fourth-order valence-corrected chi connectivity index (χ4v) is 2.64. The number of fused-ring (bicyclic) bond motifs is 1. The lowest BCUT2D eigenvalue weighted by Gasteiger charge is -2.25. The third-order valence-electron chi connectivity index (χ3n) is 3.89. The predicted molar refractivity (Wildman–Crippen MR) is 78.8 cm³/mol. The smallest absolute Gasteiger partial charge is 0.221 e. The van der Waals surface area contributed by atoms with E-state index in [9.17, 15) is 0 Å². The van der Waals surface area contributed by atoms with Gasteiger partial charge >= 0.3 is 0 Å². The molecule has 0 spiro atoms. The van der Waals surface area contributed by atoms with Gasteiger partial charge in [0.15, 0.2) is 0 Å². The van der Waals surface area contributed by atoms with Gasteiger partial charge in [-0.2, -0.15) is 0 Å². The first kappa shape index (κ1) is 12.7. The molecule has 1 saturated carbocycles. The molecule has 1 aliphatic carbocycles. The number of aromatic nitrogens is 1. The van der Waals surface area contributed by atoms with E-state index in [0.29, 0.717) is 5.88 Å². The summed E-state index contributed by atoms with van der Waals surface area (Å²) in [5, 5.41) is 2.22. The maximum atomic E-state index is 5.90. The molecule has 100 valence electrons. The van der Waals surface area contributed by atoms with E-state index in [-0.39, 0.29) is 0 Å². The molecule has 0 bridgehead atoms. The summed E-state index contributed by atoms with van der Waals surface area (Å²) in [6.07, 6.45) is 5.24. The Hall–Kier alpha value is -1.28. The van der Waals surface area contributed by atoms with Crippen LogP contribution in [0.5, 0.6) is 5.88 Å². The minimum absolute atomic E-state index is 0.420. The van der Waals surface area contributed by atoms with Gasteiger partial charge in [-0.05, 0) is 29.9 Å². The number of nitrogens with zero attached hydrogens (tertiary/aromatic N) is 1. The summed E-state index contributed by atoms with van der Waals surface area (Å²) in [5.41, 5.74) is 0.874. The van der Waals surface area contributed by atoms with Gasteiger partial charge in [0.05, 0.1) is 18.2 Å². The number of rotatable bonds is 5. The van der Waals surface area contributed by atoms with Crippen LogP contribution in [0.15, 0.2) is 30.3 Å². The third-order valence-corrected chi connectivity index (χ3v) is 4.16. The molecule has 0 radical (unpaired) electrons. The molecule has 0 N–H and O–H groups in total. The Morgan fingerprint density at radius 2 is 2.11 bits per heavy atom. The fourth-order valence-electron chi connectivity index (χ4n) is 2.50. The lowest BCUT2D eigenvalue weighted by atomic mass is 9.83.